The number of hydrogen-bond donors (Lipinski definition) is 2. The second kappa shape index (κ2) is 12.2. The first-order valence-corrected chi connectivity index (χ1v) is 14.7. The van der Waals surface area contributed by atoms with Crippen LogP contribution in [-0.4, -0.2) is 39.2 Å². The Morgan fingerprint density at radius 1 is 1.21 bits per heavy atom. The maximum absolute atomic E-state index is 13.8. The third kappa shape index (κ3) is 6.11. The minimum absolute atomic E-state index is 0.0649. The molecule has 0 unspecified atom stereocenters. The predicted octanol–water partition coefficient (Wildman–Crippen LogP) is 6.39. The van der Waals surface area contributed by atoms with Crippen molar-refractivity contribution in [2.45, 2.75) is 96.9 Å². The number of Topliss-reactive ketones (excluding diaryl/α,β-unsaturated/α-hetero) is 1. The molecule has 1 aromatic heterocycles. The molecule has 6 nitrogen and oxygen atoms in total. The summed E-state index contributed by atoms with van der Waals surface area (Å²) in [4.78, 5) is 31.6. The van der Waals surface area contributed by atoms with E-state index in [2.05, 4.69) is 24.6 Å². The largest absolute Gasteiger partial charge is 0.457 e. The number of nitrogens with zero attached hydrogens (tertiary/aromatic N) is 1. The summed E-state index contributed by atoms with van der Waals surface area (Å²) < 4.78 is 7.06. The van der Waals surface area contributed by atoms with Crippen LogP contribution in [0.25, 0.3) is 10.2 Å². The highest BCUT2D eigenvalue weighted by Gasteiger charge is 2.53. The fourth-order valence-corrected chi connectivity index (χ4v) is 6.81. The van der Waals surface area contributed by atoms with E-state index in [4.69, 9.17) is 4.74 Å². The molecular formula is C31H41NO5S. The second-order valence-corrected chi connectivity index (χ2v) is 12.5. The number of benzene rings is 1. The molecule has 206 valence electrons. The number of esters is 1. The normalized spacial score (nSPS) is 30.9. The van der Waals surface area contributed by atoms with E-state index in [9.17, 15) is 19.8 Å². The molecule has 2 N–H and O–H groups in total. The Kier molecular flexibility index (Phi) is 9.22. The molecule has 2 aliphatic rings. The third-order valence-corrected chi connectivity index (χ3v) is 9.51. The molecule has 0 radical (unpaired) electrons. The number of carbonyl (C=O) groups excluding carboxylic acids is 2. The van der Waals surface area contributed by atoms with E-state index >= 15 is 0 Å². The molecule has 0 bridgehead atoms. The second-order valence-electron chi connectivity index (χ2n) is 11.3. The van der Waals surface area contributed by atoms with Crippen molar-refractivity contribution in [3.8, 4) is 0 Å². The zero-order chi connectivity index (χ0) is 27.4. The van der Waals surface area contributed by atoms with Crippen molar-refractivity contribution in [1.82, 2.24) is 4.98 Å². The molecule has 1 fully saturated rings. The molecule has 0 amide bonds. The monoisotopic (exact) mass is 539 g/mol. The maximum atomic E-state index is 13.8. The van der Waals surface area contributed by atoms with Gasteiger partial charge in [-0.3, -0.25) is 9.59 Å². The van der Waals surface area contributed by atoms with E-state index in [0.717, 1.165) is 46.5 Å². The molecule has 7 heteroatoms. The molecule has 1 aliphatic heterocycles. The fraction of sp³-hybridized carbons (Fsp3) is 0.581. The molecule has 4 rings (SSSR count). The van der Waals surface area contributed by atoms with Crippen LogP contribution in [0.1, 0.15) is 88.3 Å². The van der Waals surface area contributed by atoms with Gasteiger partial charge in [0.05, 0.1) is 39.3 Å². The third-order valence-electron chi connectivity index (χ3n) is 8.56. The van der Waals surface area contributed by atoms with Crippen molar-refractivity contribution >= 4 is 33.3 Å². The molecule has 1 aromatic carbocycles. The summed E-state index contributed by atoms with van der Waals surface area (Å²) in [5.41, 5.74) is 1.92. The standard InChI is InChI=1S/C31H41NO5S/c1-5-8-23-29(35)20(3)10-6-9-19(2)11-13-25(22-12-14-26-24(17-22)32-21(4)38-26)37-28(34)18-27(33)31(30(23)36)15-7-16-31/h5,11-12,14,17,20,23,25,27,29,33,35H,1,6-10,13,15-16,18H2,2-4H3/b19-11-/t20-,23+,25-,27-,29-/m0/s1. The number of rotatable bonds is 3. The molecular weight excluding hydrogens is 498 g/mol. The van der Waals surface area contributed by atoms with Gasteiger partial charge in [-0.2, -0.15) is 0 Å². The van der Waals surface area contributed by atoms with Crippen molar-refractivity contribution in [3.05, 3.63) is 53.1 Å². The van der Waals surface area contributed by atoms with Gasteiger partial charge in [0.1, 0.15) is 11.9 Å². The lowest BCUT2D eigenvalue weighted by Gasteiger charge is -2.46. The predicted molar refractivity (Wildman–Crippen MR) is 151 cm³/mol. The SMILES string of the molecule is C=CC[C@H]1C(=O)C2(CCC2)[C@@H](O)CC(=O)O[C@H](c2ccc3sc(C)nc3c2)C/C=C(/C)CCC[C@H](C)[C@@H]1O. The molecule has 1 saturated carbocycles. The van der Waals surface area contributed by atoms with Gasteiger partial charge in [-0.05, 0) is 76.0 Å². The molecule has 2 aromatic rings. The number of ketones is 1. The Bertz CT molecular complexity index is 1200. The fourth-order valence-electron chi connectivity index (χ4n) is 6.00. The van der Waals surface area contributed by atoms with Crippen molar-refractivity contribution in [3.63, 3.8) is 0 Å². The quantitative estimate of drug-likeness (QED) is 0.347. The number of allylic oxidation sites excluding steroid dienone is 2. The van der Waals surface area contributed by atoms with Crippen molar-refractivity contribution < 1.29 is 24.5 Å². The van der Waals surface area contributed by atoms with Crippen LogP contribution in [0.15, 0.2) is 42.5 Å². The molecule has 0 saturated heterocycles. The first kappa shape index (κ1) is 28.7. The number of hydrogen-bond acceptors (Lipinski definition) is 7. The van der Waals surface area contributed by atoms with Gasteiger partial charge in [-0.25, -0.2) is 4.98 Å². The molecule has 38 heavy (non-hydrogen) atoms. The van der Waals surface area contributed by atoms with E-state index < -0.39 is 35.6 Å². The van der Waals surface area contributed by atoms with Crippen LogP contribution in [0, 0.1) is 24.2 Å². The lowest BCUT2D eigenvalue weighted by atomic mass is 9.58. The summed E-state index contributed by atoms with van der Waals surface area (Å²) in [6, 6.07) is 5.98. The Hall–Kier alpha value is -2.35. The maximum Gasteiger partial charge on any atom is 0.309 e. The van der Waals surface area contributed by atoms with Gasteiger partial charge >= 0.3 is 5.97 Å². The van der Waals surface area contributed by atoms with Gasteiger partial charge in [0.15, 0.2) is 0 Å². The number of thiazole rings is 1. The van der Waals surface area contributed by atoms with Crippen molar-refractivity contribution in [1.29, 1.82) is 0 Å². The number of aromatic nitrogens is 1. The summed E-state index contributed by atoms with van der Waals surface area (Å²) in [5, 5.41) is 23.4. The van der Waals surface area contributed by atoms with Crippen LogP contribution in [-0.2, 0) is 14.3 Å². The number of aliphatic hydroxyl groups excluding tert-OH is 2. The highest BCUT2D eigenvalue weighted by atomic mass is 32.1. The zero-order valence-corrected chi connectivity index (χ0v) is 23.6. The topological polar surface area (TPSA) is 96.7 Å². The van der Waals surface area contributed by atoms with Crippen LogP contribution in [0.5, 0.6) is 0 Å². The average Bonchev–Trinajstić information content (AvgIpc) is 3.22. The van der Waals surface area contributed by atoms with Gasteiger partial charge in [-0.1, -0.05) is 37.1 Å². The summed E-state index contributed by atoms with van der Waals surface area (Å²) >= 11 is 1.63. The van der Waals surface area contributed by atoms with Crippen molar-refractivity contribution in [2.75, 3.05) is 0 Å². The average molecular weight is 540 g/mol. The van der Waals surface area contributed by atoms with Crippen LogP contribution in [0.3, 0.4) is 0 Å². The van der Waals surface area contributed by atoms with Gasteiger partial charge in [0, 0.05) is 12.3 Å². The molecule has 1 aliphatic carbocycles. The van der Waals surface area contributed by atoms with E-state index in [1.54, 1.807) is 17.4 Å². The highest BCUT2D eigenvalue weighted by molar-refractivity contribution is 7.18. The number of ether oxygens (including phenoxy) is 1. The Morgan fingerprint density at radius 3 is 2.66 bits per heavy atom. The van der Waals surface area contributed by atoms with Crippen LogP contribution in [0.2, 0.25) is 0 Å². The summed E-state index contributed by atoms with van der Waals surface area (Å²) in [7, 11) is 0. The number of aliphatic hydroxyl groups is 2. The summed E-state index contributed by atoms with van der Waals surface area (Å²) in [6.45, 7) is 9.84. The molecule has 2 heterocycles. The smallest absolute Gasteiger partial charge is 0.309 e. The van der Waals surface area contributed by atoms with Crippen LogP contribution >= 0.6 is 11.3 Å². The minimum Gasteiger partial charge on any atom is -0.457 e. The van der Waals surface area contributed by atoms with Crippen molar-refractivity contribution in [2.24, 2.45) is 17.3 Å². The first-order valence-electron chi connectivity index (χ1n) is 13.9. The Labute approximate surface area is 229 Å². The van der Waals surface area contributed by atoms with Gasteiger partial charge in [0.2, 0.25) is 0 Å². The summed E-state index contributed by atoms with van der Waals surface area (Å²) in [6.07, 6.45) is 6.31. The first-order chi connectivity index (χ1) is 18.1. The van der Waals surface area contributed by atoms with Gasteiger partial charge < -0.3 is 14.9 Å². The van der Waals surface area contributed by atoms with Gasteiger partial charge in [0.25, 0.3) is 0 Å². The number of aryl methyl sites for hydroxylation is 1. The van der Waals surface area contributed by atoms with Crippen LogP contribution < -0.4 is 0 Å². The lowest BCUT2D eigenvalue weighted by molar-refractivity contribution is -0.162. The zero-order valence-electron chi connectivity index (χ0n) is 22.8. The minimum atomic E-state index is -1.15. The lowest BCUT2D eigenvalue weighted by Crippen LogP contribution is -2.53. The van der Waals surface area contributed by atoms with E-state index in [0.29, 0.717) is 25.7 Å². The highest BCUT2D eigenvalue weighted by Crippen LogP contribution is 2.49. The van der Waals surface area contributed by atoms with Gasteiger partial charge in [-0.15, -0.1) is 17.9 Å². The summed E-state index contributed by atoms with van der Waals surface area (Å²) in [5.74, 6) is -1.38. The number of cyclic esters (lactones) is 1. The Morgan fingerprint density at radius 2 is 1.97 bits per heavy atom. The van der Waals surface area contributed by atoms with Crippen LogP contribution in [0.4, 0.5) is 0 Å². The van der Waals surface area contributed by atoms with E-state index in [-0.39, 0.29) is 18.1 Å². The molecule has 5 atom stereocenters. The molecule has 1 spiro atoms. The Balaban J connectivity index is 1.64. The number of fused-ring (bicyclic) bond motifs is 1. The van der Waals surface area contributed by atoms with E-state index in [1.807, 2.05) is 32.0 Å². The van der Waals surface area contributed by atoms with E-state index in [1.165, 1.54) is 5.57 Å². The number of carbonyl (C=O) groups is 2.